The van der Waals surface area contributed by atoms with Gasteiger partial charge in [0.05, 0.1) is 11.4 Å². The van der Waals surface area contributed by atoms with Gasteiger partial charge in [-0.1, -0.05) is 35.4 Å². The Balaban J connectivity index is 1.45. The van der Waals surface area contributed by atoms with Crippen LogP contribution in [0.3, 0.4) is 0 Å². The molecule has 0 spiro atoms. The van der Waals surface area contributed by atoms with E-state index in [2.05, 4.69) is 30.0 Å². The smallest absolute Gasteiger partial charge is 0.259 e. The first-order valence-electron chi connectivity index (χ1n) is 11.1. The number of carbonyl (C=O) groups excluding carboxylic acids is 1. The number of hydrogen-bond donors (Lipinski definition) is 0. The van der Waals surface area contributed by atoms with Crippen LogP contribution < -0.4 is 4.90 Å². The van der Waals surface area contributed by atoms with Crippen molar-refractivity contribution in [2.45, 2.75) is 13.8 Å². The summed E-state index contributed by atoms with van der Waals surface area (Å²) in [5.41, 5.74) is 4.56. The maximum Gasteiger partial charge on any atom is 0.259 e. The van der Waals surface area contributed by atoms with E-state index in [9.17, 15) is 4.79 Å². The molecule has 2 aromatic carbocycles. The van der Waals surface area contributed by atoms with Gasteiger partial charge < -0.3 is 14.4 Å². The molecule has 2 aromatic heterocycles. The van der Waals surface area contributed by atoms with E-state index in [0.717, 1.165) is 41.0 Å². The number of halogens is 1. The molecule has 1 fully saturated rings. The molecule has 0 saturated carbocycles. The van der Waals surface area contributed by atoms with Crippen LogP contribution in [0.25, 0.3) is 11.5 Å². The Morgan fingerprint density at radius 2 is 1.58 bits per heavy atom. The highest BCUT2D eigenvalue weighted by molar-refractivity contribution is 6.30. The molecule has 3 heterocycles. The van der Waals surface area contributed by atoms with E-state index in [-0.39, 0.29) is 5.91 Å². The molecule has 0 bridgehead atoms. The number of carbonyl (C=O) groups is 1. The number of rotatable bonds is 4. The average molecular weight is 460 g/mol. The Labute approximate surface area is 198 Å². The first-order valence-corrected chi connectivity index (χ1v) is 11.5. The molecule has 7 heteroatoms. The zero-order chi connectivity index (χ0) is 22.9. The third-order valence-electron chi connectivity index (χ3n) is 6.12. The van der Waals surface area contributed by atoms with Crippen LogP contribution in [0.15, 0.2) is 73.1 Å². The van der Waals surface area contributed by atoms with Crippen LogP contribution in [0.5, 0.6) is 0 Å². The highest BCUT2D eigenvalue weighted by Gasteiger charge is 2.29. The van der Waals surface area contributed by atoms with Crippen LogP contribution in [-0.2, 0) is 0 Å². The lowest BCUT2D eigenvalue weighted by atomic mass is 10.1. The number of aryl methyl sites for hydroxylation is 2. The van der Waals surface area contributed by atoms with E-state index in [0.29, 0.717) is 18.7 Å². The van der Waals surface area contributed by atoms with Crippen LogP contribution in [-0.4, -0.2) is 51.3 Å². The number of benzene rings is 2. The van der Waals surface area contributed by atoms with Crippen molar-refractivity contribution in [2.24, 2.45) is 0 Å². The molecule has 1 amide bonds. The van der Waals surface area contributed by atoms with Crippen LogP contribution in [0, 0.1) is 13.8 Å². The molecule has 33 heavy (non-hydrogen) atoms. The minimum Gasteiger partial charge on any atom is -0.368 e. The van der Waals surface area contributed by atoms with Crippen molar-refractivity contribution in [1.82, 2.24) is 19.2 Å². The molecule has 0 unspecified atom stereocenters. The lowest BCUT2D eigenvalue weighted by molar-refractivity contribution is 0.0746. The number of amides is 1. The molecule has 0 N–H and O–H groups in total. The largest absolute Gasteiger partial charge is 0.368 e. The zero-order valence-corrected chi connectivity index (χ0v) is 19.5. The number of anilines is 1. The fourth-order valence-corrected chi connectivity index (χ4v) is 4.53. The van der Waals surface area contributed by atoms with E-state index in [1.807, 2.05) is 75.9 Å². The Morgan fingerprint density at radius 1 is 0.879 bits per heavy atom. The second-order valence-electron chi connectivity index (χ2n) is 8.38. The predicted octanol–water partition coefficient (Wildman–Crippen LogP) is 4.90. The lowest BCUT2D eigenvalue weighted by Crippen LogP contribution is -2.49. The number of aromatic nitrogens is 3. The molecule has 5 rings (SSSR count). The maximum atomic E-state index is 13.8. The SMILES string of the molecule is Cc1ccc(-n2nc(C)c(C(=O)N3CCN(c4cccc(Cl)c4)CC3)c2-n2cccc2)cc1. The topological polar surface area (TPSA) is 46.3 Å². The summed E-state index contributed by atoms with van der Waals surface area (Å²) in [7, 11) is 0. The summed E-state index contributed by atoms with van der Waals surface area (Å²) in [4.78, 5) is 17.9. The van der Waals surface area contributed by atoms with Gasteiger partial charge in [-0.2, -0.15) is 5.10 Å². The van der Waals surface area contributed by atoms with E-state index < -0.39 is 0 Å². The normalized spacial score (nSPS) is 14.0. The summed E-state index contributed by atoms with van der Waals surface area (Å²) in [5, 5.41) is 5.50. The molecule has 1 aliphatic heterocycles. The highest BCUT2D eigenvalue weighted by atomic mass is 35.5. The summed E-state index contributed by atoms with van der Waals surface area (Å²) < 4.78 is 3.83. The second kappa shape index (κ2) is 8.79. The quantitative estimate of drug-likeness (QED) is 0.436. The molecule has 1 aliphatic rings. The van der Waals surface area contributed by atoms with E-state index in [1.54, 1.807) is 0 Å². The van der Waals surface area contributed by atoms with Gasteiger partial charge in [-0.15, -0.1) is 0 Å². The standard InChI is InChI=1S/C26H26ClN5O/c1-19-8-10-22(11-9-19)32-25(30-12-3-4-13-30)24(20(2)28-32)26(33)31-16-14-29(15-17-31)23-7-5-6-21(27)18-23/h3-13,18H,14-17H2,1-2H3. The third kappa shape index (κ3) is 4.14. The van der Waals surface area contributed by atoms with Crippen molar-refractivity contribution >= 4 is 23.2 Å². The van der Waals surface area contributed by atoms with Crippen molar-refractivity contribution in [2.75, 3.05) is 31.1 Å². The van der Waals surface area contributed by atoms with Crippen LogP contribution >= 0.6 is 11.6 Å². The maximum absolute atomic E-state index is 13.8. The average Bonchev–Trinajstić information content (AvgIpc) is 3.47. The molecule has 168 valence electrons. The Morgan fingerprint density at radius 3 is 2.24 bits per heavy atom. The van der Waals surface area contributed by atoms with E-state index in [1.165, 1.54) is 5.56 Å². The Hall–Kier alpha value is -3.51. The third-order valence-corrected chi connectivity index (χ3v) is 6.35. The van der Waals surface area contributed by atoms with Gasteiger partial charge >= 0.3 is 0 Å². The fraction of sp³-hybridized carbons (Fsp3) is 0.231. The number of hydrogen-bond acceptors (Lipinski definition) is 3. The number of piperazine rings is 1. The van der Waals surface area contributed by atoms with Gasteiger partial charge in [-0.25, -0.2) is 4.68 Å². The number of nitrogens with zero attached hydrogens (tertiary/aromatic N) is 5. The molecule has 0 atom stereocenters. The van der Waals surface area contributed by atoms with Gasteiger partial charge in [-0.05, 0) is 56.3 Å². The fourth-order valence-electron chi connectivity index (χ4n) is 4.34. The highest BCUT2D eigenvalue weighted by Crippen LogP contribution is 2.26. The Bertz CT molecular complexity index is 1270. The van der Waals surface area contributed by atoms with Gasteiger partial charge in [0.15, 0.2) is 5.82 Å². The summed E-state index contributed by atoms with van der Waals surface area (Å²) in [6, 6.07) is 20.0. The monoisotopic (exact) mass is 459 g/mol. The van der Waals surface area contributed by atoms with Crippen LogP contribution in [0.2, 0.25) is 5.02 Å². The van der Waals surface area contributed by atoms with Crippen LogP contribution in [0.4, 0.5) is 5.69 Å². The van der Waals surface area contributed by atoms with Crippen LogP contribution in [0.1, 0.15) is 21.6 Å². The first-order chi connectivity index (χ1) is 16.0. The van der Waals surface area contributed by atoms with Gasteiger partial charge in [0.1, 0.15) is 5.56 Å². The second-order valence-corrected chi connectivity index (χ2v) is 8.82. The minimum atomic E-state index is 0.0142. The molecule has 0 radical (unpaired) electrons. The summed E-state index contributed by atoms with van der Waals surface area (Å²) in [5.74, 6) is 0.781. The molecule has 0 aliphatic carbocycles. The van der Waals surface area contributed by atoms with Gasteiger partial charge in [-0.3, -0.25) is 4.79 Å². The molecule has 6 nitrogen and oxygen atoms in total. The molecular formula is C26H26ClN5O. The van der Waals surface area contributed by atoms with Crippen molar-refractivity contribution in [3.05, 3.63) is 94.9 Å². The van der Waals surface area contributed by atoms with E-state index >= 15 is 0 Å². The molecule has 1 saturated heterocycles. The van der Waals surface area contributed by atoms with Crippen molar-refractivity contribution < 1.29 is 4.79 Å². The first kappa shape index (κ1) is 21.3. The van der Waals surface area contributed by atoms with Crippen molar-refractivity contribution in [3.63, 3.8) is 0 Å². The van der Waals surface area contributed by atoms with Crippen molar-refractivity contribution in [1.29, 1.82) is 0 Å². The zero-order valence-electron chi connectivity index (χ0n) is 18.8. The lowest BCUT2D eigenvalue weighted by Gasteiger charge is -2.36. The molecular weight excluding hydrogens is 434 g/mol. The Kier molecular flexibility index (Phi) is 5.68. The summed E-state index contributed by atoms with van der Waals surface area (Å²) in [6.45, 7) is 6.78. The van der Waals surface area contributed by atoms with Crippen molar-refractivity contribution in [3.8, 4) is 11.5 Å². The van der Waals surface area contributed by atoms with Gasteiger partial charge in [0, 0.05) is 49.3 Å². The predicted molar refractivity (Wildman–Crippen MR) is 132 cm³/mol. The van der Waals surface area contributed by atoms with E-state index in [4.69, 9.17) is 16.7 Å². The summed E-state index contributed by atoms with van der Waals surface area (Å²) >= 11 is 6.17. The summed E-state index contributed by atoms with van der Waals surface area (Å²) in [6.07, 6.45) is 3.91. The molecule has 4 aromatic rings. The minimum absolute atomic E-state index is 0.0142. The van der Waals surface area contributed by atoms with Gasteiger partial charge in [0.25, 0.3) is 5.91 Å². The van der Waals surface area contributed by atoms with Gasteiger partial charge in [0.2, 0.25) is 0 Å².